The van der Waals surface area contributed by atoms with E-state index in [1.165, 1.54) is 0 Å². The Bertz CT molecular complexity index is 398. The average Bonchev–Trinajstić information content (AvgIpc) is 2.25. The number of piperidine rings is 1. The summed E-state index contributed by atoms with van der Waals surface area (Å²) in [7, 11) is 0. The number of nitrogens with one attached hydrogen (secondary N) is 1. The van der Waals surface area contributed by atoms with Gasteiger partial charge in [0.05, 0.1) is 0 Å². The Kier molecular flexibility index (Phi) is 4.83. The average molecular weight is 266 g/mol. The SMILES string of the molecule is C[C@H]1CNCC[C@H]1c1cc(F)c(F)cc1F.Cl. The van der Waals surface area contributed by atoms with Gasteiger partial charge in [0.25, 0.3) is 0 Å². The summed E-state index contributed by atoms with van der Waals surface area (Å²) in [5.74, 6) is -2.54. The smallest absolute Gasteiger partial charge is 0.161 e. The van der Waals surface area contributed by atoms with Crippen LogP contribution in [0.1, 0.15) is 24.8 Å². The molecule has 5 heteroatoms. The van der Waals surface area contributed by atoms with Crippen molar-refractivity contribution >= 4 is 12.4 Å². The summed E-state index contributed by atoms with van der Waals surface area (Å²) in [6.07, 6.45) is 0.753. The molecule has 0 unspecified atom stereocenters. The fraction of sp³-hybridized carbons (Fsp3) is 0.500. The van der Waals surface area contributed by atoms with Crippen LogP contribution < -0.4 is 5.32 Å². The third-order valence-corrected chi connectivity index (χ3v) is 3.22. The number of halogens is 4. The predicted molar refractivity (Wildman–Crippen MR) is 63.0 cm³/mol. The lowest BCUT2D eigenvalue weighted by molar-refractivity contribution is 0.339. The number of hydrogen-bond donors (Lipinski definition) is 1. The zero-order valence-electron chi connectivity index (χ0n) is 9.47. The molecule has 0 bridgehead atoms. The summed E-state index contributed by atoms with van der Waals surface area (Å²) in [4.78, 5) is 0. The van der Waals surface area contributed by atoms with Crippen molar-refractivity contribution in [2.45, 2.75) is 19.3 Å². The largest absolute Gasteiger partial charge is 0.316 e. The monoisotopic (exact) mass is 265 g/mol. The first kappa shape index (κ1) is 14.3. The maximum Gasteiger partial charge on any atom is 0.161 e. The lowest BCUT2D eigenvalue weighted by Crippen LogP contribution is -2.34. The molecule has 17 heavy (non-hydrogen) atoms. The Balaban J connectivity index is 0.00000144. The lowest BCUT2D eigenvalue weighted by atomic mass is 9.82. The standard InChI is InChI=1S/C12H14F3N.ClH/c1-7-6-16-3-2-8(7)9-4-11(14)12(15)5-10(9)13;/h4-5,7-8,16H,2-3,6H2,1H3;1H/t7-,8+;/m0./s1. The van der Waals surface area contributed by atoms with Crippen LogP contribution in [0.15, 0.2) is 12.1 Å². The molecule has 1 aromatic rings. The van der Waals surface area contributed by atoms with Crippen molar-refractivity contribution in [3.8, 4) is 0 Å². The third kappa shape index (κ3) is 2.93. The Hall–Kier alpha value is -0.740. The Morgan fingerprint density at radius 1 is 1.12 bits per heavy atom. The van der Waals surface area contributed by atoms with Gasteiger partial charge < -0.3 is 5.32 Å². The molecule has 0 saturated carbocycles. The van der Waals surface area contributed by atoms with Crippen LogP contribution in [0, 0.1) is 23.4 Å². The molecule has 0 amide bonds. The fourth-order valence-electron chi connectivity index (χ4n) is 2.30. The minimum atomic E-state index is -1.12. The van der Waals surface area contributed by atoms with Crippen molar-refractivity contribution in [2.75, 3.05) is 13.1 Å². The summed E-state index contributed by atoms with van der Waals surface area (Å²) < 4.78 is 39.4. The minimum absolute atomic E-state index is 0. The van der Waals surface area contributed by atoms with Crippen LogP contribution in [-0.2, 0) is 0 Å². The first-order chi connectivity index (χ1) is 7.59. The summed E-state index contributed by atoms with van der Waals surface area (Å²) in [5, 5.41) is 3.19. The normalized spacial score (nSPS) is 24.2. The number of hydrogen-bond acceptors (Lipinski definition) is 1. The van der Waals surface area contributed by atoms with E-state index in [0.717, 1.165) is 25.6 Å². The van der Waals surface area contributed by atoms with Crippen molar-refractivity contribution in [3.05, 3.63) is 35.1 Å². The van der Waals surface area contributed by atoms with Crippen molar-refractivity contribution in [3.63, 3.8) is 0 Å². The minimum Gasteiger partial charge on any atom is -0.316 e. The van der Waals surface area contributed by atoms with E-state index in [0.29, 0.717) is 11.6 Å². The van der Waals surface area contributed by atoms with Crippen molar-refractivity contribution in [1.29, 1.82) is 0 Å². The van der Waals surface area contributed by atoms with E-state index < -0.39 is 17.5 Å². The van der Waals surface area contributed by atoms with E-state index in [9.17, 15) is 13.2 Å². The van der Waals surface area contributed by atoms with Crippen LogP contribution in [0.5, 0.6) is 0 Å². The highest BCUT2D eigenvalue weighted by Gasteiger charge is 2.26. The summed E-state index contributed by atoms with van der Waals surface area (Å²) in [6.45, 7) is 3.55. The van der Waals surface area contributed by atoms with Gasteiger partial charge >= 0.3 is 0 Å². The molecule has 0 aromatic heterocycles. The van der Waals surface area contributed by atoms with E-state index >= 15 is 0 Å². The van der Waals surface area contributed by atoms with Crippen LogP contribution in [0.25, 0.3) is 0 Å². The first-order valence-corrected chi connectivity index (χ1v) is 5.44. The van der Waals surface area contributed by atoms with E-state index in [4.69, 9.17) is 0 Å². The van der Waals surface area contributed by atoms with Crippen LogP contribution in [0.4, 0.5) is 13.2 Å². The van der Waals surface area contributed by atoms with Gasteiger partial charge in [0.1, 0.15) is 5.82 Å². The maximum absolute atomic E-state index is 13.6. The molecular formula is C12H15ClF3N. The van der Waals surface area contributed by atoms with Gasteiger partial charge in [0.15, 0.2) is 11.6 Å². The highest BCUT2D eigenvalue weighted by Crippen LogP contribution is 2.32. The van der Waals surface area contributed by atoms with Gasteiger partial charge in [-0.15, -0.1) is 12.4 Å². The predicted octanol–water partition coefficient (Wildman–Crippen LogP) is 3.24. The Labute approximate surface area is 105 Å². The molecular weight excluding hydrogens is 251 g/mol. The first-order valence-electron chi connectivity index (χ1n) is 5.44. The molecule has 1 aliphatic heterocycles. The number of benzene rings is 1. The van der Waals surface area contributed by atoms with Gasteiger partial charge in [-0.25, -0.2) is 13.2 Å². The van der Waals surface area contributed by atoms with E-state index in [1.807, 2.05) is 6.92 Å². The third-order valence-electron chi connectivity index (χ3n) is 3.22. The van der Waals surface area contributed by atoms with E-state index in [-0.39, 0.29) is 24.2 Å². The van der Waals surface area contributed by atoms with Crippen LogP contribution in [-0.4, -0.2) is 13.1 Å². The molecule has 96 valence electrons. The molecule has 2 rings (SSSR count). The molecule has 1 heterocycles. The molecule has 1 aliphatic rings. The van der Waals surface area contributed by atoms with Crippen molar-refractivity contribution in [2.24, 2.45) is 5.92 Å². The van der Waals surface area contributed by atoms with Gasteiger partial charge in [-0.1, -0.05) is 6.92 Å². The zero-order valence-corrected chi connectivity index (χ0v) is 10.3. The Morgan fingerprint density at radius 3 is 2.41 bits per heavy atom. The van der Waals surface area contributed by atoms with Gasteiger partial charge in [0.2, 0.25) is 0 Å². The zero-order chi connectivity index (χ0) is 11.7. The highest BCUT2D eigenvalue weighted by molar-refractivity contribution is 5.85. The molecule has 1 nitrogen and oxygen atoms in total. The molecule has 0 aliphatic carbocycles. The van der Waals surface area contributed by atoms with E-state index in [2.05, 4.69) is 5.32 Å². The maximum atomic E-state index is 13.6. The molecule has 0 radical (unpaired) electrons. The van der Waals surface area contributed by atoms with Gasteiger partial charge in [-0.2, -0.15) is 0 Å². The second-order valence-corrected chi connectivity index (χ2v) is 4.36. The lowest BCUT2D eigenvalue weighted by Gasteiger charge is -2.30. The van der Waals surface area contributed by atoms with Crippen molar-refractivity contribution < 1.29 is 13.2 Å². The quantitative estimate of drug-likeness (QED) is 0.769. The number of rotatable bonds is 1. The van der Waals surface area contributed by atoms with Crippen molar-refractivity contribution in [1.82, 2.24) is 5.32 Å². The molecule has 1 fully saturated rings. The topological polar surface area (TPSA) is 12.0 Å². The van der Waals surface area contributed by atoms with E-state index in [1.54, 1.807) is 0 Å². The van der Waals surface area contributed by atoms with Crippen LogP contribution in [0.2, 0.25) is 0 Å². The summed E-state index contributed by atoms with van der Waals surface area (Å²) in [6, 6.07) is 1.64. The molecule has 2 atom stereocenters. The van der Waals surface area contributed by atoms with Gasteiger partial charge in [0, 0.05) is 6.07 Å². The fourth-order valence-corrected chi connectivity index (χ4v) is 2.30. The highest BCUT2D eigenvalue weighted by atomic mass is 35.5. The van der Waals surface area contributed by atoms with Crippen LogP contribution in [0.3, 0.4) is 0 Å². The summed E-state index contributed by atoms with van der Waals surface area (Å²) >= 11 is 0. The molecule has 0 spiro atoms. The second kappa shape index (κ2) is 5.74. The van der Waals surface area contributed by atoms with Gasteiger partial charge in [-0.05, 0) is 43.0 Å². The van der Waals surface area contributed by atoms with Gasteiger partial charge in [-0.3, -0.25) is 0 Å². The van der Waals surface area contributed by atoms with Crippen LogP contribution >= 0.6 is 12.4 Å². The summed E-state index contributed by atoms with van der Waals surface area (Å²) in [5.41, 5.74) is 0.299. The Morgan fingerprint density at radius 2 is 1.76 bits per heavy atom. The molecule has 1 saturated heterocycles. The second-order valence-electron chi connectivity index (χ2n) is 4.36. The molecule has 1 aromatic carbocycles. The molecule has 1 N–H and O–H groups in total.